The molecular weight excluding hydrogens is 424 g/mol. The van der Waals surface area contributed by atoms with Gasteiger partial charge in [-0.25, -0.2) is 4.68 Å². The van der Waals surface area contributed by atoms with E-state index in [0.717, 1.165) is 46.5 Å². The molecule has 0 radical (unpaired) electrons. The van der Waals surface area contributed by atoms with Gasteiger partial charge in [-0.05, 0) is 54.2 Å². The van der Waals surface area contributed by atoms with Crippen LogP contribution in [-0.4, -0.2) is 59.2 Å². The van der Waals surface area contributed by atoms with E-state index in [1.807, 2.05) is 71.6 Å². The lowest BCUT2D eigenvalue weighted by atomic mass is 10.1. The van der Waals surface area contributed by atoms with Crippen LogP contribution >= 0.6 is 11.8 Å². The van der Waals surface area contributed by atoms with Crippen LogP contribution in [0.4, 0.5) is 0 Å². The average Bonchev–Trinajstić information content (AvgIpc) is 3.44. The largest absolute Gasteiger partial charge is 0.497 e. The van der Waals surface area contributed by atoms with Crippen LogP contribution in [0.25, 0.3) is 23.0 Å². The lowest BCUT2D eigenvalue weighted by Gasteiger charge is -2.27. The summed E-state index contributed by atoms with van der Waals surface area (Å²) in [5.41, 5.74) is 3.53. The average molecular weight is 447 g/mol. The van der Waals surface area contributed by atoms with E-state index in [-0.39, 0.29) is 5.91 Å². The molecule has 2 aliphatic heterocycles. The van der Waals surface area contributed by atoms with Crippen molar-refractivity contribution < 1.29 is 14.3 Å². The van der Waals surface area contributed by atoms with Crippen molar-refractivity contribution in [1.82, 2.24) is 14.7 Å². The van der Waals surface area contributed by atoms with Crippen molar-refractivity contribution in [2.45, 2.75) is 0 Å². The topological polar surface area (TPSA) is 68.9 Å². The fraction of sp³-hybridized carbons (Fsp3) is 0.208. The van der Waals surface area contributed by atoms with Crippen molar-refractivity contribution in [3.8, 4) is 22.7 Å². The molecule has 0 N–H and O–H groups in total. The summed E-state index contributed by atoms with van der Waals surface area (Å²) in [7, 11) is 1.64. The molecule has 1 fully saturated rings. The molecule has 1 amide bonds. The first kappa shape index (κ1) is 20.5. The normalized spacial score (nSPS) is 17.7. The van der Waals surface area contributed by atoms with Gasteiger partial charge in [0.25, 0.3) is 5.91 Å². The second-order valence-electron chi connectivity index (χ2n) is 7.35. The van der Waals surface area contributed by atoms with Crippen LogP contribution < -0.4 is 4.74 Å². The van der Waals surface area contributed by atoms with Gasteiger partial charge in [0.2, 0.25) is 0 Å². The van der Waals surface area contributed by atoms with Crippen molar-refractivity contribution in [2.24, 2.45) is 4.99 Å². The van der Waals surface area contributed by atoms with Crippen LogP contribution in [0.15, 0.2) is 70.7 Å². The van der Waals surface area contributed by atoms with Crippen LogP contribution in [0.5, 0.6) is 5.75 Å². The van der Waals surface area contributed by atoms with Crippen molar-refractivity contribution in [3.63, 3.8) is 0 Å². The van der Waals surface area contributed by atoms with E-state index in [9.17, 15) is 4.79 Å². The predicted molar refractivity (Wildman–Crippen MR) is 126 cm³/mol. The minimum absolute atomic E-state index is 0.218. The van der Waals surface area contributed by atoms with E-state index in [1.54, 1.807) is 7.11 Å². The molecule has 162 valence electrons. The second kappa shape index (κ2) is 9.02. The zero-order valence-corrected chi connectivity index (χ0v) is 18.4. The molecule has 32 heavy (non-hydrogen) atoms. The summed E-state index contributed by atoms with van der Waals surface area (Å²) < 4.78 is 12.5. The third kappa shape index (κ3) is 4.19. The van der Waals surface area contributed by atoms with Gasteiger partial charge in [0, 0.05) is 30.4 Å². The number of amides is 1. The van der Waals surface area contributed by atoms with Gasteiger partial charge in [-0.3, -0.25) is 4.79 Å². The second-order valence-corrected chi connectivity index (χ2v) is 8.36. The van der Waals surface area contributed by atoms with Gasteiger partial charge in [0.1, 0.15) is 5.75 Å². The van der Waals surface area contributed by atoms with Crippen molar-refractivity contribution >= 4 is 28.9 Å². The van der Waals surface area contributed by atoms with Gasteiger partial charge in [0.05, 0.1) is 36.6 Å². The Labute approximate surface area is 190 Å². The van der Waals surface area contributed by atoms with Crippen molar-refractivity contribution in [3.05, 3.63) is 71.3 Å². The lowest BCUT2D eigenvalue weighted by Crippen LogP contribution is -2.38. The summed E-state index contributed by atoms with van der Waals surface area (Å²) in [6.45, 7) is 2.79. The monoisotopic (exact) mass is 446 g/mol. The molecule has 0 bridgehead atoms. The number of nitrogens with zero attached hydrogens (tertiary/aromatic N) is 4. The first-order valence-corrected chi connectivity index (χ1v) is 11.2. The van der Waals surface area contributed by atoms with Gasteiger partial charge in [-0.15, -0.1) is 0 Å². The molecule has 0 atom stereocenters. The number of amidine groups is 1. The first-order chi connectivity index (χ1) is 15.7. The maximum atomic E-state index is 12.7. The number of para-hydroxylation sites is 1. The van der Waals surface area contributed by atoms with Crippen molar-refractivity contribution in [2.75, 3.05) is 33.4 Å². The highest BCUT2D eigenvalue weighted by Gasteiger charge is 2.27. The molecule has 0 spiro atoms. The van der Waals surface area contributed by atoms with Crippen LogP contribution in [0.3, 0.4) is 0 Å². The minimum atomic E-state index is -0.218. The fourth-order valence-corrected chi connectivity index (χ4v) is 4.56. The van der Waals surface area contributed by atoms with E-state index in [4.69, 9.17) is 14.6 Å². The Bertz CT molecular complexity index is 1180. The molecule has 8 heteroatoms. The number of hydrogen-bond acceptors (Lipinski definition) is 6. The molecule has 5 rings (SSSR count). The van der Waals surface area contributed by atoms with Gasteiger partial charge in [-0.2, -0.15) is 10.1 Å². The number of thioether (sulfide) groups is 1. The number of carbonyl (C=O) groups is 1. The smallest absolute Gasteiger partial charge is 0.286 e. The van der Waals surface area contributed by atoms with E-state index >= 15 is 0 Å². The van der Waals surface area contributed by atoms with Gasteiger partial charge in [0.15, 0.2) is 5.17 Å². The Balaban J connectivity index is 1.51. The quantitative estimate of drug-likeness (QED) is 0.567. The van der Waals surface area contributed by atoms with E-state index in [0.29, 0.717) is 18.1 Å². The molecule has 3 heterocycles. The lowest BCUT2D eigenvalue weighted by molar-refractivity contribution is -0.113. The molecule has 2 aliphatic rings. The molecule has 0 aliphatic carbocycles. The molecule has 3 aromatic rings. The summed E-state index contributed by atoms with van der Waals surface area (Å²) in [4.78, 5) is 19.6. The first-order valence-electron chi connectivity index (χ1n) is 10.4. The minimum Gasteiger partial charge on any atom is -0.497 e. The molecule has 7 nitrogen and oxygen atoms in total. The number of aliphatic imine (C=N–C) groups is 1. The van der Waals surface area contributed by atoms with Crippen molar-refractivity contribution in [1.29, 1.82) is 0 Å². The summed E-state index contributed by atoms with van der Waals surface area (Å²) in [5, 5.41) is 5.57. The Morgan fingerprint density at radius 1 is 1.06 bits per heavy atom. The predicted octanol–water partition coefficient (Wildman–Crippen LogP) is 3.85. The number of morpholine rings is 1. The summed E-state index contributed by atoms with van der Waals surface area (Å²) in [6.07, 6.45) is 3.83. The molecule has 2 aromatic carbocycles. The van der Waals surface area contributed by atoms with Gasteiger partial charge >= 0.3 is 0 Å². The number of benzene rings is 2. The summed E-state index contributed by atoms with van der Waals surface area (Å²) in [6, 6.07) is 17.7. The van der Waals surface area contributed by atoms with E-state index in [2.05, 4.69) is 9.89 Å². The molecule has 0 saturated carbocycles. The fourth-order valence-electron chi connectivity index (χ4n) is 3.61. The Morgan fingerprint density at radius 3 is 2.53 bits per heavy atom. The number of hydrogen-bond donors (Lipinski definition) is 0. The highest BCUT2D eigenvalue weighted by atomic mass is 32.2. The maximum Gasteiger partial charge on any atom is 0.286 e. The standard InChI is InChI=1S/C24H22N4O3S/c1-30-20-9-7-17(8-10-20)22-18(16-28(26-22)19-5-3-2-4-6-19)15-21-23(29)25-24(32-21)27-11-13-31-14-12-27/h2-10,15-16H,11-14H2,1H3/b21-15+. The van der Waals surface area contributed by atoms with Crippen LogP contribution in [-0.2, 0) is 9.53 Å². The Morgan fingerprint density at radius 2 is 1.81 bits per heavy atom. The molecule has 0 unspecified atom stereocenters. The van der Waals surface area contributed by atoms with Gasteiger partial charge < -0.3 is 14.4 Å². The third-order valence-electron chi connectivity index (χ3n) is 5.30. The van der Waals surface area contributed by atoms with Crippen LogP contribution in [0.1, 0.15) is 5.56 Å². The number of rotatable bonds is 4. The number of ether oxygens (including phenoxy) is 2. The zero-order chi connectivity index (χ0) is 21.9. The van der Waals surface area contributed by atoms with Crippen LogP contribution in [0, 0.1) is 0 Å². The number of carbonyl (C=O) groups excluding carboxylic acids is 1. The molecule has 1 aromatic heterocycles. The summed E-state index contributed by atoms with van der Waals surface area (Å²) in [5.74, 6) is 0.561. The number of aromatic nitrogens is 2. The molecular formula is C24H22N4O3S. The molecule has 1 saturated heterocycles. The zero-order valence-electron chi connectivity index (χ0n) is 17.6. The maximum absolute atomic E-state index is 12.7. The number of methoxy groups -OCH3 is 1. The third-order valence-corrected chi connectivity index (χ3v) is 6.35. The van der Waals surface area contributed by atoms with Gasteiger partial charge in [-0.1, -0.05) is 18.2 Å². The van der Waals surface area contributed by atoms with Crippen LogP contribution in [0.2, 0.25) is 0 Å². The summed E-state index contributed by atoms with van der Waals surface area (Å²) >= 11 is 1.41. The van der Waals surface area contributed by atoms with E-state index < -0.39 is 0 Å². The highest BCUT2D eigenvalue weighted by Crippen LogP contribution is 2.33. The van der Waals surface area contributed by atoms with E-state index in [1.165, 1.54) is 11.8 Å². The highest BCUT2D eigenvalue weighted by molar-refractivity contribution is 8.18. The Hall–Kier alpha value is -3.36. The Kier molecular flexibility index (Phi) is 5.79. The SMILES string of the molecule is COc1ccc(-c2nn(-c3ccccc3)cc2/C=C2/SC(N3CCOCC3)=NC2=O)cc1.